The maximum absolute atomic E-state index is 13.0. The van der Waals surface area contributed by atoms with E-state index >= 15 is 0 Å². The molecule has 80 valence electrons. The zero-order valence-electron chi connectivity index (χ0n) is 8.22. The van der Waals surface area contributed by atoms with Crippen LogP contribution in [0.3, 0.4) is 0 Å². The lowest BCUT2D eigenvalue weighted by atomic mass is 9.93. The molecular weight excluding hydrogens is 202 g/mol. The Kier molecular flexibility index (Phi) is 2.21. The summed E-state index contributed by atoms with van der Waals surface area (Å²) in [5.41, 5.74) is -0.321. The second-order valence-corrected chi connectivity index (χ2v) is 3.83. The number of carbonyl (C=O) groups excluding carboxylic acids is 1. The highest BCUT2D eigenvalue weighted by molar-refractivity contribution is 5.72. The van der Waals surface area contributed by atoms with Gasteiger partial charge in [0.2, 0.25) is 0 Å². The molecule has 1 atom stereocenters. The summed E-state index contributed by atoms with van der Waals surface area (Å²) >= 11 is 0. The third-order valence-electron chi connectivity index (χ3n) is 2.68. The van der Waals surface area contributed by atoms with Crippen molar-refractivity contribution in [2.45, 2.75) is 25.4 Å². The maximum Gasteiger partial charge on any atom is 0.306 e. The zero-order chi connectivity index (χ0) is 11.1. The molecule has 0 amide bonds. The van der Waals surface area contributed by atoms with Crippen LogP contribution in [0.25, 0.3) is 0 Å². The molecule has 1 aromatic rings. The van der Waals surface area contributed by atoms with E-state index in [0.29, 0.717) is 18.4 Å². The van der Waals surface area contributed by atoms with Gasteiger partial charge < -0.3 is 4.74 Å². The number of benzene rings is 1. The number of carbonyl (C=O) groups is 1. The first-order valence-electron chi connectivity index (χ1n) is 4.69. The Bertz CT molecular complexity index is 417. The van der Waals surface area contributed by atoms with Crippen LogP contribution < -0.4 is 0 Å². The molecule has 0 radical (unpaired) electrons. The van der Waals surface area contributed by atoms with Crippen LogP contribution in [0.1, 0.15) is 25.3 Å². The van der Waals surface area contributed by atoms with Crippen molar-refractivity contribution in [3.05, 3.63) is 35.4 Å². The van der Waals surface area contributed by atoms with Crippen molar-refractivity contribution in [3.63, 3.8) is 0 Å². The Morgan fingerprint density at radius 3 is 2.60 bits per heavy atom. The number of rotatable bonds is 1. The molecule has 0 N–H and O–H groups in total. The lowest BCUT2D eigenvalue weighted by Gasteiger charge is -2.22. The number of ether oxygens (including phenoxy) is 1. The summed E-state index contributed by atoms with van der Waals surface area (Å²) in [6.07, 6.45) is 0.812. The van der Waals surface area contributed by atoms with E-state index in [1.165, 1.54) is 6.07 Å². The smallest absolute Gasteiger partial charge is 0.306 e. The van der Waals surface area contributed by atoms with Crippen LogP contribution in [0.4, 0.5) is 8.78 Å². The highest BCUT2D eigenvalue weighted by Crippen LogP contribution is 2.36. The summed E-state index contributed by atoms with van der Waals surface area (Å²) < 4.78 is 30.8. The highest BCUT2D eigenvalue weighted by Gasteiger charge is 2.37. The Morgan fingerprint density at radius 1 is 1.33 bits per heavy atom. The van der Waals surface area contributed by atoms with E-state index < -0.39 is 17.2 Å². The second kappa shape index (κ2) is 3.29. The first-order valence-corrected chi connectivity index (χ1v) is 4.69. The van der Waals surface area contributed by atoms with Gasteiger partial charge in [0.25, 0.3) is 0 Å². The Hall–Kier alpha value is -1.45. The van der Waals surface area contributed by atoms with Gasteiger partial charge in [-0.25, -0.2) is 8.78 Å². The first kappa shape index (κ1) is 10.1. The number of hydrogen-bond acceptors (Lipinski definition) is 2. The third-order valence-corrected chi connectivity index (χ3v) is 2.68. The Labute approximate surface area is 85.9 Å². The van der Waals surface area contributed by atoms with Crippen molar-refractivity contribution < 1.29 is 18.3 Å². The van der Waals surface area contributed by atoms with Gasteiger partial charge in [0, 0.05) is 12.8 Å². The SMILES string of the molecule is CC1(c2ccc(F)c(F)c2)CCC(=O)O1. The van der Waals surface area contributed by atoms with E-state index in [0.717, 1.165) is 12.1 Å². The van der Waals surface area contributed by atoms with Crippen LogP contribution in [-0.4, -0.2) is 5.97 Å². The molecule has 2 nitrogen and oxygen atoms in total. The minimum atomic E-state index is -0.920. The molecule has 0 saturated carbocycles. The molecule has 1 heterocycles. The van der Waals surface area contributed by atoms with E-state index in [2.05, 4.69) is 0 Å². The lowest BCUT2D eigenvalue weighted by Crippen LogP contribution is -2.21. The number of halogens is 2. The molecule has 1 fully saturated rings. The molecule has 1 unspecified atom stereocenters. The van der Waals surface area contributed by atoms with Gasteiger partial charge in [-0.1, -0.05) is 6.07 Å². The quantitative estimate of drug-likeness (QED) is 0.668. The summed E-state index contributed by atoms with van der Waals surface area (Å²) in [7, 11) is 0. The van der Waals surface area contributed by atoms with Gasteiger partial charge in [-0.15, -0.1) is 0 Å². The van der Waals surface area contributed by atoms with Crippen molar-refractivity contribution in [2.24, 2.45) is 0 Å². The van der Waals surface area contributed by atoms with Gasteiger partial charge in [-0.2, -0.15) is 0 Å². The molecule has 15 heavy (non-hydrogen) atoms. The largest absolute Gasteiger partial charge is 0.454 e. The van der Waals surface area contributed by atoms with Crippen LogP contribution >= 0.6 is 0 Å². The molecule has 1 saturated heterocycles. The Balaban J connectivity index is 2.37. The van der Waals surface area contributed by atoms with Gasteiger partial charge in [0.05, 0.1) is 0 Å². The summed E-state index contributed by atoms with van der Waals surface area (Å²) in [6, 6.07) is 3.56. The Morgan fingerprint density at radius 2 is 2.07 bits per heavy atom. The van der Waals surface area contributed by atoms with Crippen molar-refractivity contribution in [1.82, 2.24) is 0 Å². The number of hydrogen-bond donors (Lipinski definition) is 0. The fourth-order valence-electron chi connectivity index (χ4n) is 1.72. The summed E-state index contributed by atoms with van der Waals surface area (Å²) in [5.74, 6) is -2.12. The van der Waals surface area contributed by atoms with Gasteiger partial charge in [-0.05, 0) is 24.6 Å². The average Bonchev–Trinajstić information content (AvgIpc) is 2.52. The summed E-state index contributed by atoms with van der Waals surface area (Å²) in [5, 5.41) is 0. The van der Waals surface area contributed by atoms with Gasteiger partial charge in [0.15, 0.2) is 11.6 Å². The topological polar surface area (TPSA) is 26.3 Å². The minimum Gasteiger partial charge on any atom is -0.454 e. The van der Waals surface area contributed by atoms with Gasteiger partial charge in [-0.3, -0.25) is 4.79 Å². The average molecular weight is 212 g/mol. The molecule has 1 aliphatic heterocycles. The molecule has 0 aromatic heterocycles. The van der Waals surface area contributed by atoms with Crippen LogP contribution in [0.15, 0.2) is 18.2 Å². The maximum atomic E-state index is 13.0. The van der Waals surface area contributed by atoms with E-state index in [4.69, 9.17) is 4.74 Å². The van der Waals surface area contributed by atoms with Crippen molar-refractivity contribution in [1.29, 1.82) is 0 Å². The standard InChI is InChI=1S/C11H10F2O2/c1-11(5-4-10(14)15-11)7-2-3-8(12)9(13)6-7/h2-3,6H,4-5H2,1H3. The predicted octanol–water partition coefficient (Wildman–Crippen LogP) is 2.52. The van der Waals surface area contributed by atoms with E-state index in [1.54, 1.807) is 6.92 Å². The third kappa shape index (κ3) is 1.71. The van der Waals surface area contributed by atoms with E-state index in [9.17, 15) is 13.6 Å². The molecule has 2 rings (SSSR count). The van der Waals surface area contributed by atoms with Crippen LogP contribution in [-0.2, 0) is 15.1 Å². The van der Waals surface area contributed by atoms with Crippen molar-refractivity contribution in [2.75, 3.05) is 0 Å². The number of cyclic esters (lactones) is 1. The van der Waals surface area contributed by atoms with Crippen LogP contribution in [0.2, 0.25) is 0 Å². The zero-order valence-corrected chi connectivity index (χ0v) is 8.22. The molecule has 0 spiro atoms. The highest BCUT2D eigenvalue weighted by atomic mass is 19.2. The molecule has 4 heteroatoms. The molecular formula is C11H10F2O2. The first-order chi connectivity index (χ1) is 7.01. The predicted molar refractivity (Wildman–Crippen MR) is 49.0 cm³/mol. The summed E-state index contributed by atoms with van der Waals surface area (Å²) in [6.45, 7) is 1.70. The second-order valence-electron chi connectivity index (χ2n) is 3.83. The lowest BCUT2D eigenvalue weighted by molar-refractivity contribution is -0.147. The molecule has 1 aromatic carbocycles. The van der Waals surface area contributed by atoms with Crippen LogP contribution in [0, 0.1) is 11.6 Å². The fourth-order valence-corrected chi connectivity index (χ4v) is 1.72. The number of esters is 1. The molecule has 1 aliphatic rings. The monoisotopic (exact) mass is 212 g/mol. The van der Waals surface area contributed by atoms with Gasteiger partial charge in [0.1, 0.15) is 5.60 Å². The van der Waals surface area contributed by atoms with E-state index in [1.807, 2.05) is 0 Å². The van der Waals surface area contributed by atoms with E-state index in [-0.39, 0.29) is 5.97 Å². The fraction of sp³-hybridized carbons (Fsp3) is 0.364. The van der Waals surface area contributed by atoms with Crippen molar-refractivity contribution in [3.8, 4) is 0 Å². The normalized spacial score (nSPS) is 25.4. The van der Waals surface area contributed by atoms with Crippen molar-refractivity contribution >= 4 is 5.97 Å². The molecule has 0 aliphatic carbocycles. The van der Waals surface area contributed by atoms with Gasteiger partial charge >= 0.3 is 5.97 Å². The summed E-state index contributed by atoms with van der Waals surface area (Å²) in [4.78, 5) is 11.0. The van der Waals surface area contributed by atoms with Crippen LogP contribution in [0.5, 0.6) is 0 Å². The minimum absolute atomic E-state index is 0.303. The molecule has 0 bridgehead atoms.